The van der Waals surface area contributed by atoms with Crippen molar-refractivity contribution in [2.24, 2.45) is 0 Å². The van der Waals surface area contributed by atoms with E-state index in [1.54, 1.807) is 10.9 Å². The number of aromatic nitrogens is 2. The van der Waals surface area contributed by atoms with Crippen molar-refractivity contribution in [1.82, 2.24) is 9.78 Å². The molecule has 1 heterocycles. The first kappa shape index (κ1) is 12.2. The van der Waals surface area contributed by atoms with Gasteiger partial charge in [-0.25, -0.2) is 4.68 Å². The zero-order valence-corrected chi connectivity index (χ0v) is 10.9. The van der Waals surface area contributed by atoms with Crippen LogP contribution in [0.25, 0.3) is 10.8 Å². The summed E-state index contributed by atoms with van der Waals surface area (Å²) in [5.74, 6) is 0.920. The highest BCUT2D eigenvalue weighted by Crippen LogP contribution is 2.10. The second-order valence-electron chi connectivity index (χ2n) is 4.18. The molecule has 0 N–H and O–H groups in total. The maximum Gasteiger partial charge on any atom is 0.274 e. The lowest BCUT2D eigenvalue weighted by Gasteiger charge is -2.07. The molecule has 2 aromatic rings. The van der Waals surface area contributed by atoms with Crippen LogP contribution in [-0.4, -0.2) is 20.8 Å². The number of benzene rings is 1. The van der Waals surface area contributed by atoms with E-state index in [1.807, 2.05) is 36.0 Å². The molecule has 0 fully saturated rings. The second kappa shape index (κ2) is 5.36. The standard InChI is InChI=1S/C13H16N2OS/c1-10(2)17-8-7-15-13(16)12-6-4-3-5-11(12)9-14-15/h3-6,9-10H,7-8H2,1-2H3. The van der Waals surface area contributed by atoms with Crippen LogP contribution in [0.15, 0.2) is 35.3 Å². The molecule has 0 unspecified atom stereocenters. The molecule has 0 saturated carbocycles. The predicted octanol–water partition coefficient (Wildman–Crippen LogP) is 2.54. The third kappa shape index (κ3) is 2.88. The molecule has 1 aromatic carbocycles. The van der Waals surface area contributed by atoms with Crippen LogP contribution in [0, 0.1) is 0 Å². The Bertz CT molecular complexity index is 563. The van der Waals surface area contributed by atoms with Crippen molar-refractivity contribution in [1.29, 1.82) is 0 Å². The number of hydrogen-bond donors (Lipinski definition) is 0. The van der Waals surface area contributed by atoms with Gasteiger partial charge in [-0.05, 0) is 11.3 Å². The minimum absolute atomic E-state index is 0.00690. The predicted molar refractivity (Wildman–Crippen MR) is 73.6 cm³/mol. The summed E-state index contributed by atoms with van der Waals surface area (Å²) in [6.45, 7) is 4.98. The van der Waals surface area contributed by atoms with Crippen LogP contribution in [0.5, 0.6) is 0 Å². The van der Waals surface area contributed by atoms with E-state index in [-0.39, 0.29) is 5.56 Å². The van der Waals surface area contributed by atoms with E-state index in [0.717, 1.165) is 16.5 Å². The first-order chi connectivity index (χ1) is 8.18. The van der Waals surface area contributed by atoms with E-state index < -0.39 is 0 Å². The SMILES string of the molecule is CC(C)SCCn1ncc2ccccc2c1=O. The van der Waals surface area contributed by atoms with E-state index in [0.29, 0.717) is 11.8 Å². The normalized spacial score (nSPS) is 11.2. The molecule has 0 radical (unpaired) electrons. The van der Waals surface area contributed by atoms with Gasteiger partial charge in [-0.2, -0.15) is 16.9 Å². The Labute approximate surface area is 105 Å². The lowest BCUT2D eigenvalue weighted by atomic mass is 10.2. The van der Waals surface area contributed by atoms with E-state index in [9.17, 15) is 4.79 Å². The van der Waals surface area contributed by atoms with Crippen molar-refractivity contribution < 1.29 is 0 Å². The highest BCUT2D eigenvalue weighted by atomic mass is 32.2. The molecule has 0 aliphatic heterocycles. The van der Waals surface area contributed by atoms with Gasteiger partial charge in [0.15, 0.2) is 0 Å². The van der Waals surface area contributed by atoms with Crippen molar-refractivity contribution in [3.63, 3.8) is 0 Å². The zero-order valence-electron chi connectivity index (χ0n) is 10.1. The summed E-state index contributed by atoms with van der Waals surface area (Å²) in [5.41, 5.74) is 0.00690. The van der Waals surface area contributed by atoms with Crippen LogP contribution < -0.4 is 5.56 Å². The molecule has 0 atom stereocenters. The quantitative estimate of drug-likeness (QED) is 0.834. The summed E-state index contributed by atoms with van der Waals surface area (Å²) in [6.07, 6.45) is 1.76. The van der Waals surface area contributed by atoms with E-state index in [1.165, 1.54) is 0 Å². The van der Waals surface area contributed by atoms with Crippen LogP contribution in [0.4, 0.5) is 0 Å². The molecule has 17 heavy (non-hydrogen) atoms. The highest BCUT2D eigenvalue weighted by Gasteiger charge is 2.03. The van der Waals surface area contributed by atoms with Crippen molar-refractivity contribution in [3.05, 3.63) is 40.8 Å². The Kier molecular flexibility index (Phi) is 3.84. The smallest absolute Gasteiger partial charge is 0.267 e. The monoisotopic (exact) mass is 248 g/mol. The first-order valence-electron chi connectivity index (χ1n) is 5.75. The Balaban J connectivity index is 2.24. The molecular formula is C13H16N2OS. The lowest BCUT2D eigenvalue weighted by molar-refractivity contribution is 0.628. The Morgan fingerprint density at radius 3 is 2.88 bits per heavy atom. The van der Waals surface area contributed by atoms with Crippen molar-refractivity contribution in [3.8, 4) is 0 Å². The average Bonchev–Trinajstić information content (AvgIpc) is 2.32. The molecule has 0 spiro atoms. The molecule has 1 aromatic heterocycles. The molecule has 0 bridgehead atoms. The van der Waals surface area contributed by atoms with Crippen LogP contribution in [0.1, 0.15) is 13.8 Å². The van der Waals surface area contributed by atoms with Crippen molar-refractivity contribution >= 4 is 22.5 Å². The number of hydrogen-bond acceptors (Lipinski definition) is 3. The number of rotatable bonds is 4. The van der Waals surface area contributed by atoms with Gasteiger partial charge in [0.05, 0.1) is 18.1 Å². The maximum atomic E-state index is 12.1. The molecule has 90 valence electrons. The third-order valence-electron chi connectivity index (χ3n) is 2.52. The van der Waals surface area contributed by atoms with E-state index in [4.69, 9.17) is 0 Å². The number of aryl methyl sites for hydroxylation is 1. The average molecular weight is 248 g/mol. The van der Waals surface area contributed by atoms with Gasteiger partial charge in [0.1, 0.15) is 0 Å². The highest BCUT2D eigenvalue weighted by molar-refractivity contribution is 7.99. The Morgan fingerprint density at radius 1 is 1.35 bits per heavy atom. The van der Waals surface area contributed by atoms with Gasteiger partial charge in [0.25, 0.3) is 5.56 Å². The summed E-state index contributed by atoms with van der Waals surface area (Å²) in [5, 5.41) is 6.44. The molecular weight excluding hydrogens is 232 g/mol. The van der Waals surface area contributed by atoms with Gasteiger partial charge in [-0.15, -0.1) is 0 Å². The largest absolute Gasteiger partial charge is 0.274 e. The van der Waals surface area contributed by atoms with Crippen molar-refractivity contribution in [2.75, 3.05) is 5.75 Å². The zero-order chi connectivity index (χ0) is 12.3. The minimum atomic E-state index is 0.00690. The number of fused-ring (bicyclic) bond motifs is 1. The molecule has 0 amide bonds. The van der Waals surface area contributed by atoms with Crippen LogP contribution in [-0.2, 0) is 6.54 Å². The van der Waals surface area contributed by atoms with Crippen LogP contribution in [0.3, 0.4) is 0 Å². The molecule has 2 rings (SSSR count). The Hall–Kier alpha value is -1.29. The summed E-state index contributed by atoms with van der Waals surface area (Å²) in [4.78, 5) is 12.1. The molecule has 0 aliphatic carbocycles. The van der Waals surface area contributed by atoms with Crippen LogP contribution >= 0.6 is 11.8 Å². The fourth-order valence-corrected chi connectivity index (χ4v) is 2.41. The van der Waals surface area contributed by atoms with Gasteiger partial charge in [0.2, 0.25) is 0 Å². The van der Waals surface area contributed by atoms with Gasteiger partial charge >= 0.3 is 0 Å². The van der Waals surface area contributed by atoms with E-state index in [2.05, 4.69) is 18.9 Å². The fourth-order valence-electron chi connectivity index (χ4n) is 1.66. The lowest BCUT2D eigenvalue weighted by Crippen LogP contribution is -2.23. The third-order valence-corrected chi connectivity index (χ3v) is 3.60. The second-order valence-corrected chi connectivity index (χ2v) is 5.86. The van der Waals surface area contributed by atoms with Gasteiger partial charge in [0, 0.05) is 11.1 Å². The van der Waals surface area contributed by atoms with Gasteiger partial charge < -0.3 is 0 Å². The summed E-state index contributed by atoms with van der Waals surface area (Å²) < 4.78 is 1.55. The molecule has 0 saturated heterocycles. The van der Waals surface area contributed by atoms with Crippen molar-refractivity contribution in [2.45, 2.75) is 25.6 Å². The van der Waals surface area contributed by atoms with Gasteiger partial charge in [-0.3, -0.25) is 4.79 Å². The van der Waals surface area contributed by atoms with Gasteiger partial charge in [-0.1, -0.05) is 32.0 Å². The molecule has 4 heteroatoms. The minimum Gasteiger partial charge on any atom is -0.267 e. The summed E-state index contributed by atoms with van der Waals surface area (Å²) in [6, 6.07) is 7.57. The fraction of sp³-hybridized carbons (Fsp3) is 0.385. The van der Waals surface area contributed by atoms with E-state index >= 15 is 0 Å². The Morgan fingerprint density at radius 2 is 2.12 bits per heavy atom. The summed E-state index contributed by atoms with van der Waals surface area (Å²) >= 11 is 1.84. The molecule has 3 nitrogen and oxygen atoms in total. The molecule has 0 aliphatic rings. The number of nitrogens with zero attached hydrogens (tertiary/aromatic N) is 2. The number of thioether (sulfide) groups is 1. The summed E-state index contributed by atoms with van der Waals surface area (Å²) in [7, 11) is 0. The topological polar surface area (TPSA) is 34.9 Å². The first-order valence-corrected chi connectivity index (χ1v) is 6.80. The van der Waals surface area contributed by atoms with Crippen LogP contribution in [0.2, 0.25) is 0 Å². The maximum absolute atomic E-state index is 12.1.